The van der Waals surface area contributed by atoms with Gasteiger partial charge in [0.1, 0.15) is 0 Å². The lowest BCUT2D eigenvalue weighted by atomic mass is 9.90. The van der Waals surface area contributed by atoms with Crippen LogP contribution in [0.5, 0.6) is 0 Å². The number of allylic oxidation sites excluding steroid dienone is 2. The Kier molecular flexibility index (Phi) is 2.19. The molecule has 0 radical (unpaired) electrons. The smallest absolute Gasteiger partial charge is 0.0837 e. The standard InChI is InChI=1S/C10H16O/c1-8(2)9-4-6-10(3,11)7-5-9/h4-6,8,11H,7H2,1-3H3. The van der Waals surface area contributed by atoms with Crippen LogP contribution in [0.25, 0.3) is 0 Å². The van der Waals surface area contributed by atoms with E-state index in [0.717, 1.165) is 6.42 Å². The highest BCUT2D eigenvalue weighted by molar-refractivity contribution is 5.28. The largest absolute Gasteiger partial charge is 0.386 e. The first kappa shape index (κ1) is 8.54. The van der Waals surface area contributed by atoms with Crippen molar-refractivity contribution in [2.75, 3.05) is 0 Å². The molecule has 0 bridgehead atoms. The van der Waals surface area contributed by atoms with Gasteiger partial charge in [0.05, 0.1) is 5.60 Å². The Balaban J connectivity index is 2.68. The van der Waals surface area contributed by atoms with Crippen molar-refractivity contribution in [3.63, 3.8) is 0 Å². The number of rotatable bonds is 1. The minimum atomic E-state index is -0.613. The highest BCUT2D eigenvalue weighted by atomic mass is 16.3. The van der Waals surface area contributed by atoms with Crippen LogP contribution < -0.4 is 0 Å². The lowest BCUT2D eigenvalue weighted by Gasteiger charge is -2.22. The molecule has 1 rings (SSSR count). The summed E-state index contributed by atoms with van der Waals surface area (Å²) in [6.07, 6.45) is 6.76. The first-order valence-corrected chi connectivity index (χ1v) is 4.13. The van der Waals surface area contributed by atoms with E-state index < -0.39 is 5.60 Å². The second-order valence-corrected chi connectivity index (χ2v) is 3.75. The minimum absolute atomic E-state index is 0.572. The summed E-state index contributed by atoms with van der Waals surface area (Å²) >= 11 is 0. The van der Waals surface area contributed by atoms with Crippen LogP contribution in [0.15, 0.2) is 23.8 Å². The van der Waals surface area contributed by atoms with Crippen LogP contribution in [-0.2, 0) is 0 Å². The first-order valence-electron chi connectivity index (χ1n) is 4.13. The van der Waals surface area contributed by atoms with E-state index in [1.807, 2.05) is 19.1 Å². The Morgan fingerprint density at radius 3 is 2.55 bits per heavy atom. The maximum absolute atomic E-state index is 9.54. The zero-order chi connectivity index (χ0) is 8.48. The van der Waals surface area contributed by atoms with Gasteiger partial charge in [0.2, 0.25) is 0 Å². The summed E-state index contributed by atoms with van der Waals surface area (Å²) in [5.74, 6) is 0.572. The second-order valence-electron chi connectivity index (χ2n) is 3.75. The van der Waals surface area contributed by atoms with Crippen LogP contribution in [0.2, 0.25) is 0 Å². The van der Waals surface area contributed by atoms with E-state index in [4.69, 9.17) is 0 Å². The predicted octanol–water partition coefficient (Wildman–Crippen LogP) is 2.28. The highest BCUT2D eigenvalue weighted by Gasteiger charge is 2.18. The van der Waals surface area contributed by atoms with Gasteiger partial charge in [0.15, 0.2) is 0 Å². The molecule has 1 heteroatoms. The van der Waals surface area contributed by atoms with Crippen LogP contribution >= 0.6 is 0 Å². The molecule has 11 heavy (non-hydrogen) atoms. The molecular weight excluding hydrogens is 136 g/mol. The average Bonchev–Trinajstić information content (AvgIpc) is 1.86. The Morgan fingerprint density at radius 2 is 2.18 bits per heavy atom. The molecule has 0 spiro atoms. The molecule has 0 fully saturated rings. The van der Waals surface area contributed by atoms with Crippen LogP contribution in [0.4, 0.5) is 0 Å². The van der Waals surface area contributed by atoms with Crippen molar-refractivity contribution >= 4 is 0 Å². The summed E-state index contributed by atoms with van der Waals surface area (Å²) in [5, 5.41) is 9.54. The Morgan fingerprint density at radius 1 is 1.55 bits per heavy atom. The summed E-state index contributed by atoms with van der Waals surface area (Å²) < 4.78 is 0. The van der Waals surface area contributed by atoms with E-state index >= 15 is 0 Å². The molecule has 0 saturated heterocycles. The summed E-state index contributed by atoms with van der Waals surface area (Å²) in [5.41, 5.74) is 0.717. The molecule has 0 aromatic rings. The molecule has 1 unspecified atom stereocenters. The topological polar surface area (TPSA) is 20.2 Å². The summed E-state index contributed by atoms with van der Waals surface area (Å²) in [6, 6.07) is 0. The van der Waals surface area contributed by atoms with Gasteiger partial charge in [-0.3, -0.25) is 0 Å². The van der Waals surface area contributed by atoms with Gasteiger partial charge in [-0.1, -0.05) is 32.1 Å². The molecule has 0 amide bonds. The molecule has 0 aromatic carbocycles. The van der Waals surface area contributed by atoms with Crippen LogP contribution in [0, 0.1) is 5.92 Å². The molecule has 0 aromatic heterocycles. The Hall–Kier alpha value is -0.560. The summed E-state index contributed by atoms with van der Waals surface area (Å²) in [7, 11) is 0. The lowest BCUT2D eigenvalue weighted by Crippen LogP contribution is -2.22. The van der Waals surface area contributed by atoms with E-state index in [1.54, 1.807) is 0 Å². The average molecular weight is 152 g/mol. The van der Waals surface area contributed by atoms with E-state index in [0.29, 0.717) is 5.92 Å². The fourth-order valence-electron chi connectivity index (χ4n) is 1.16. The Labute approximate surface area is 68.4 Å². The number of hydrogen-bond acceptors (Lipinski definition) is 1. The molecule has 62 valence electrons. The van der Waals surface area contributed by atoms with Gasteiger partial charge in [-0.05, 0) is 24.8 Å². The SMILES string of the molecule is CC(C)C1=CCC(C)(O)C=C1. The van der Waals surface area contributed by atoms with Crippen LogP contribution in [-0.4, -0.2) is 10.7 Å². The monoisotopic (exact) mass is 152 g/mol. The fraction of sp³-hybridized carbons (Fsp3) is 0.600. The zero-order valence-electron chi connectivity index (χ0n) is 7.46. The van der Waals surface area contributed by atoms with Crippen molar-refractivity contribution in [1.82, 2.24) is 0 Å². The van der Waals surface area contributed by atoms with Crippen molar-refractivity contribution in [3.8, 4) is 0 Å². The van der Waals surface area contributed by atoms with Crippen molar-refractivity contribution in [2.45, 2.75) is 32.8 Å². The zero-order valence-corrected chi connectivity index (χ0v) is 7.46. The molecule has 1 nitrogen and oxygen atoms in total. The molecule has 0 saturated carbocycles. The summed E-state index contributed by atoms with van der Waals surface area (Å²) in [4.78, 5) is 0. The van der Waals surface area contributed by atoms with Gasteiger partial charge in [0, 0.05) is 0 Å². The maximum Gasteiger partial charge on any atom is 0.0837 e. The normalized spacial score (nSPS) is 30.8. The van der Waals surface area contributed by atoms with Gasteiger partial charge < -0.3 is 5.11 Å². The van der Waals surface area contributed by atoms with Crippen molar-refractivity contribution < 1.29 is 5.11 Å². The molecule has 0 heterocycles. The minimum Gasteiger partial charge on any atom is -0.386 e. The predicted molar refractivity (Wildman–Crippen MR) is 47.3 cm³/mol. The molecule has 1 N–H and O–H groups in total. The van der Waals surface area contributed by atoms with Crippen LogP contribution in [0.1, 0.15) is 27.2 Å². The third-order valence-corrected chi connectivity index (χ3v) is 2.05. The molecular formula is C10H16O. The third-order valence-electron chi connectivity index (χ3n) is 2.05. The fourth-order valence-corrected chi connectivity index (χ4v) is 1.16. The quantitative estimate of drug-likeness (QED) is 0.611. The summed E-state index contributed by atoms with van der Waals surface area (Å²) in [6.45, 7) is 6.16. The highest BCUT2D eigenvalue weighted by Crippen LogP contribution is 2.23. The molecule has 1 atom stereocenters. The molecule has 1 aliphatic rings. The molecule has 0 aliphatic heterocycles. The van der Waals surface area contributed by atoms with Gasteiger partial charge in [-0.2, -0.15) is 0 Å². The number of hydrogen-bond donors (Lipinski definition) is 1. The van der Waals surface area contributed by atoms with Crippen LogP contribution in [0.3, 0.4) is 0 Å². The van der Waals surface area contributed by atoms with Crippen molar-refractivity contribution in [3.05, 3.63) is 23.8 Å². The van der Waals surface area contributed by atoms with Gasteiger partial charge >= 0.3 is 0 Å². The number of aliphatic hydroxyl groups is 1. The van der Waals surface area contributed by atoms with Gasteiger partial charge in [0.25, 0.3) is 0 Å². The lowest BCUT2D eigenvalue weighted by molar-refractivity contribution is 0.113. The second kappa shape index (κ2) is 2.82. The third kappa shape index (κ3) is 2.19. The van der Waals surface area contributed by atoms with E-state index in [9.17, 15) is 5.11 Å². The van der Waals surface area contributed by atoms with Gasteiger partial charge in [-0.15, -0.1) is 0 Å². The first-order chi connectivity index (χ1) is 5.01. The van der Waals surface area contributed by atoms with Gasteiger partial charge in [-0.25, -0.2) is 0 Å². The van der Waals surface area contributed by atoms with E-state index in [1.165, 1.54) is 5.57 Å². The van der Waals surface area contributed by atoms with E-state index in [2.05, 4.69) is 19.9 Å². The van der Waals surface area contributed by atoms with E-state index in [-0.39, 0.29) is 0 Å². The molecule has 1 aliphatic carbocycles. The Bertz CT molecular complexity index is 197. The van der Waals surface area contributed by atoms with Crippen molar-refractivity contribution in [1.29, 1.82) is 0 Å². The van der Waals surface area contributed by atoms with Crippen molar-refractivity contribution in [2.24, 2.45) is 5.92 Å². The maximum atomic E-state index is 9.54.